The van der Waals surface area contributed by atoms with E-state index in [1.807, 2.05) is 133 Å². The number of nitrogens with zero attached hydrogens (tertiary/aromatic N) is 3. The maximum Gasteiger partial charge on any atom is 0.329 e. The number of cyclic esters (lactones) is 1. The van der Waals surface area contributed by atoms with Crippen LogP contribution in [0.3, 0.4) is 0 Å². The summed E-state index contributed by atoms with van der Waals surface area (Å²) in [6.45, 7) is 1.38. The van der Waals surface area contributed by atoms with Crippen molar-refractivity contribution in [1.29, 1.82) is 0 Å². The Morgan fingerprint density at radius 2 is 1.49 bits per heavy atom. The number of aromatic nitrogens is 1. The quantitative estimate of drug-likeness (QED) is 0.0588. The van der Waals surface area contributed by atoms with Gasteiger partial charge in [-0.3, -0.25) is 19.3 Å². The Labute approximate surface area is 433 Å². The van der Waals surface area contributed by atoms with E-state index < -0.39 is 71.0 Å². The first-order valence-corrected chi connectivity index (χ1v) is 26.1. The van der Waals surface area contributed by atoms with E-state index in [1.165, 1.54) is 11.3 Å². The van der Waals surface area contributed by atoms with Gasteiger partial charge in [-0.15, -0.1) is 0 Å². The van der Waals surface area contributed by atoms with Crippen LogP contribution in [0.4, 0.5) is 15.6 Å². The van der Waals surface area contributed by atoms with Crippen molar-refractivity contribution in [2.75, 3.05) is 23.4 Å². The highest BCUT2D eigenvalue weighted by atomic mass is 32.1. The molecule has 0 unspecified atom stereocenters. The first-order chi connectivity index (χ1) is 36.1. The van der Waals surface area contributed by atoms with Crippen LogP contribution in [-0.4, -0.2) is 68.8 Å². The summed E-state index contributed by atoms with van der Waals surface area (Å²) >= 11 is 1.25. The van der Waals surface area contributed by atoms with Gasteiger partial charge in [0.15, 0.2) is 5.13 Å². The lowest BCUT2D eigenvalue weighted by Crippen LogP contribution is -2.55. The summed E-state index contributed by atoms with van der Waals surface area (Å²) in [4.78, 5) is 72.0. The molecule has 1 aromatic heterocycles. The Bertz CT molecular complexity index is 3260. The summed E-state index contributed by atoms with van der Waals surface area (Å²) in [7, 11) is 0. The zero-order valence-electron chi connectivity index (χ0n) is 40.7. The number of fused-ring (bicyclic) bond motifs is 4. The van der Waals surface area contributed by atoms with Gasteiger partial charge in [0, 0.05) is 11.1 Å². The summed E-state index contributed by atoms with van der Waals surface area (Å²) in [6.07, 6.45) is 3.68. The highest BCUT2D eigenvalue weighted by Gasteiger charge is 2.76. The number of urea groups is 1. The normalized spacial score (nSPS) is 23.4. The lowest BCUT2D eigenvalue weighted by molar-refractivity contribution is -0.177. The number of anilines is 2. The molecule has 4 heterocycles. The van der Waals surface area contributed by atoms with E-state index in [9.17, 15) is 10.2 Å². The minimum absolute atomic E-state index is 0.114. The predicted molar refractivity (Wildman–Crippen MR) is 282 cm³/mol. The number of nitrogens with one attached hydrogen (secondary N) is 2. The summed E-state index contributed by atoms with van der Waals surface area (Å²) in [5, 5.41) is 28.4. The van der Waals surface area contributed by atoms with Crippen LogP contribution in [0.15, 0.2) is 158 Å². The maximum atomic E-state index is 17.0. The number of aliphatic hydroxyl groups excluding tert-OH is 1. The summed E-state index contributed by atoms with van der Waals surface area (Å²) in [5.74, 6) is 2.89. The number of hydrogen-bond donors (Lipinski definition) is 4. The molecule has 2 saturated heterocycles. The Morgan fingerprint density at radius 3 is 2.20 bits per heavy atom. The van der Waals surface area contributed by atoms with E-state index in [4.69, 9.17) is 14.5 Å². The van der Waals surface area contributed by atoms with E-state index in [0.717, 1.165) is 46.4 Å². The summed E-state index contributed by atoms with van der Waals surface area (Å²) in [6, 6.07) is 43.1. The monoisotopic (exact) mass is 1010 g/mol. The lowest BCUT2D eigenvalue weighted by atomic mass is 9.65. The molecule has 1 spiro atoms. The molecular weight excluding hydrogens is 951 g/mol. The van der Waals surface area contributed by atoms with Crippen LogP contribution in [-0.2, 0) is 24.5 Å². The minimum atomic E-state index is -2.14. The number of aliphatic hydroxyl groups is 2. The molecule has 0 radical (unpaired) electrons. The van der Waals surface area contributed by atoms with Gasteiger partial charge in [-0.05, 0) is 91.3 Å². The fourth-order valence-electron chi connectivity index (χ4n) is 11.8. The van der Waals surface area contributed by atoms with Crippen LogP contribution >= 0.6 is 11.3 Å². The number of para-hydroxylation sites is 2. The van der Waals surface area contributed by atoms with Crippen LogP contribution in [0.1, 0.15) is 103 Å². The average Bonchev–Trinajstić information content (AvgIpc) is 4.00. The Balaban J connectivity index is 1.20. The maximum absolute atomic E-state index is 17.0. The first-order valence-electron chi connectivity index (χ1n) is 25.3. The number of thiazole rings is 1. The third-order valence-electron chi connectivity index (χ3n) is 15.0. The molecular formula is C60H55N5O8S. The topological polar surface area (TPSA) is 171 Å². The number of benzene rings is 6. The number of amides is 4. The van der Waals surface area contributed by atoms with Crippen LogP contribution in [0, 0.1) is 17.8 Å². The number of carbonyl (C=O) groups excluding carboxylic acids is 4. The highest BCUT2D eigenvalue weighted by Crippen LogP contribution is 2.67. The third-order valence-corrected chi connectivity index (χ3v) is 16.0. The van der Waals surface area contributed by atoms with Gasteiger partial charge in [-0.1, -0.05) is 157 Å². The van der Waals surface area contributed by atoms with Crippen LogP contribution < -0.4 is 20.3 Å². The summed E-state index contributed by atoms with van der Waals surface area (Å²) < 4.78 is 13.9. The smallest absolute Gasteiger partial charge is 0.329 e. The first kappa shape index (κ1) is 48.6. The van der Waals surface area contributed by atoms with Crippen molar-refractivity contribution in [2.45, 2.75) is 86.7 Å². The number of morpholine rings is 1. The van der Waals surface area contributed by atoms with Gasteiger partial charge < -0.3 is 30.3 Å². The number of carbonyl (C=O) groups is 4. The van der Waals surface area contributed by atoms with Crippen LogP contribution in [0.25, 0.3) is 10.2 Å². The molecule has 6 aromatic carbocycles. The lowest BCUT2D eigenvalue weighted by Gasteiger charge is -2.46. The second kappa shape index (κ2) is 20.3. The van der Waals surface area contributed by atoms with Gasteiger partial charge in [-0.25, -0.2) is 14.7 Å². The molecule has 3 fully saturated rings. The van der Waals surface area contributed by atoms with E-state index in [1.54, 1.807) is 36.4 Å². The highest BCUT2D eigenvalue weighted by molar-refractivity contribution is 7.22. The minimum Gasteiger partial charge on any atom is -0.491 e. The molecule has 13 nitrogen and oxygen atoms in total. The number of imide groups is 1. The number of ether oxygens (including phenoxy) is 2. The van der Waals surface area contributed by atoms with E-state index in [0.29, 0.717) is 40.8 Å². The van der Waals surface area contributed by atoms with Crippen molar-refractivity contribution in [3.63, 3.8) is 0 Å². The van der Waals surface area contributed by atoms with Gasteiger partial charge in [0.2, 0.25) is 11.8 Å². The number of esters is 1. The molecule has 7 atom stereocenters. The van der Waals surface area contributed by atoms with Crippen molar-refractivity contribution < 1.29 is 38.9 Å². The largest absolute Gasteiger partial charge is 0.491 e. The van der Waals surface area contributed by atoms with Crippen molar-refractivity contribution in [3.05, 3.63) is 191 Å². The Kier molecular flexibility index (Phi) is 13.3. The molecule has 4 amide bonds. The van der Waals surface area contributed by atoms with Gasteiger partial charge in [0.05, 0.1) is 46.6 Å². The zero-order chi connectivity index (χ0) is 51.0. The molecule has 0 bridgehead atoms. The van der Waals surface area contributed by atoms with Crippen molar-refractivity contribution in [2.24, 2.45) is 5.92 Å². The molecule has 11 rings (SSSR count). The van der Waals surface area contributed by atoms with Gasteiger partial charge in [0.25, 0.3) is 0 Å². The van der Waals surface area contributed by atoms with Crippen LogP contribution in [0.2, 0.25) is 0 Å². The number of rotatable bonds is 10. The molecule has 374 valence electrons. The molecule has 3 aliphatic heterocycles. The van der Waals surface area contributed by atoms with Gasteiger partial charge in [0.1, 0.15) is 35.5 Å². The molecule has 74 heavy (non-hydrogen) atoms. The standard InChI is InChI=1S/C60H55N5O8S/c1-38(40-19-7-4-8-20-40)61-58(70)64-46-30-29-39(31-34-59(71)32-17-2-3-18-33-59)37-44(46)60(56(64)69)49(54(67)63-57-62-45-26-14-16-28-48(45)74-57)51-55(68)73-52(42-23-11-6-12-24-42)50(41-21-9-5-10-22-41)65(51)53(60)43-25-13-15-27-47(43)72-36-35-66/h4-16,19-30,37-38,49-53,66,71H,2-3,17-18,32-33,35-36H2,1H3,(H,61,70)(H,62,63,67)/t38-,49-,50-,51-,52+,53+,60-/m1/s1. The predicted octanol–water partition coefficient (Wildman–Crippen LogP) is 9.88. The van der Waals surface area contributed by atoms with Crippen molar-refractivity contribution in [1.82, 2.24) is 15.2 Å². The second-order valence-electron chi connectivity index (χ2n) is 19.5. The number of hydrogen-bond acceptors (Lipinski definition) is 11. The van der Waals surface area contributed by atoms with E-state index >= 15 is 19.2 Å². The van der Waals surface area contributed by atoms with Crippen molar-refractivity contribution >= 4 is 56.2 Å². The molecule has 7 aromatic rings. The van der Waals surface area contributed by atoms with Gasteiger partial charge in [-0.2, -0.15) is 0 Å². The SMILES string of the molecule is C[C@@H](NC(=O)N1C(=O)[C@@]2(c3cc(C#CC4(O)CCCCCC4)ccc31)[C@H](c1ccccc1OCCO)N1[C@H](c3ccccc3)[C@H](c3ccccc3)OC(=O)[C@H]1[C@@H]2C(=O)Nc1nc2ccccc2s1)c1ccccc1. The fourth-order valence-corrected chi connectivity index (χ4v) is 12.6. The molecule has 4 N–H and O–H groups in total. The molecule has 1 saturated carbocycles. The zero-order valence-corrected chi connectivity index (χ0v) is 41.5. The van der Waals surface area contributed by atoms with Crippen LogP contribution in [0.5, 0.6) is 5.75 Å². The van der Waals surface area contributed by atoms with Gasteiger partial charge >= 0.3 is 12.0 Å². The Morgan fingerprint density at radius 1 is 0.824 bits per heavy atom. The molecule has 4 aliphatic rings. The van der Waals surface area contributed by atoms with E-state index in [2.05, 4.69) is 22.5 Å². The Hall–Kier alpha value is -7.67. The summed E-state index contributed by atoms with van der Waals surface area (Å²) in [5.41, 5.74) is 0.763. The third kappa shape index (κ3) is 8.69. The fraction of sp³-hybridized carbons (Fsp3) is 0.283. The van der Waals surface area contributed by atoms with Crippen molar-refractivity contribution in [3.8, 4) is 17.6 Å². The molecule has 14 heteroatoms. The average molecular weight is 1010 g/mol. The van der Waals surface area contributed by atoms with E-state index in [-0.39, 0.29) is 29.6 Å². The second-order valence-corrected chi connectivity index (χ2v) is 20.5. The molecule has 1 aliphatic carbocycles.